The molecule has 3 aromatic rings. The number of amides is 2. The molecule has 1 aromatic heterocycles. The Labute approximate surface area is 219 Å². The lowest BCUT2D eigenvalue weighted by Crippen LogP contribution is -2.42. The van der Waals surface area contributed by atoms with Gasteiger partial charge in [0, 0.05) is 16.0 Å². The first kappa shape index (κ1) is 22.5. The van der Waals surface area contributed by atoms with E-state index >= 15 is 0 Å². The summed E-state index contributed by atoms with van der Waals surface area (Å²) >= 11 is 8.77. The Balaban J connectivity index is 1.32. The number of H-pyrrole nitrogens is 1. The molecule has 2 N–H and O–H groups in total. The normalized spacial score (nSPS) is 31.9. The number of ether oxygens (including phenoxy) is 1. The van der Waals surface area contributed by atoms with Crippen molar-refractivity contribution in [3.8, 4) is 11.5 Å². The van der Waals surface area contributed by atoms with E-state index in [2.05, 4.69) is 4.98 Å². The van der Waals surface area contributed by atoms with Crippen LogP contribution < -0.4 is 9.64 Å². The molecule has 184 valence electrons. The zero-order valence-electron chi connectivity index (χ0n) is 19.0. The molecule has 3 heterocycles. The summed E-state index contributed by atoms with van der Waals surface area (Å²) in [6.07, 6.45) is 0.820. The van der Waals surface area contributed by atoms with E-state index in [0.29, 0.717) is 15.4 Å². The number of fused-ring (bicyclic) bond motifs is 9. The van der Waals surface area contributed by atoms with Crippen molar-refractivity contribution in [2.75, 3.05) is 12.0 Å². The van der Waals surface area contributed by atoms with E-state index < -0.39 is 11.7 Å². The van der Waals surface area contributed by atoms with Crippen molar-refractivity contribution in [3.63, 3.8) is 0 Å². The van der Waals surface area contributed by atoms with E-state index in [0.717, 1.165) is 21.9 Å². The number of thioether (sulfide) groups is 1. The first-order chi connectivity index (χ1) is 17.4. The maximum Gasteiger partial charge on any atom is 0.238 e. The first-order valence-electron chi connectivity index (χ1n) is 11.8. The third-order valence-electron chi connectivity index (χ3n) is 8.37. The van der Waals surface area contributed by atoms with Gasteiger partial charge in [-0.05, 0) is 78.4 Å². The molecule has 1 saturated heterocycles. The van der Waals surface area contributed by atoms with E-state index in [1.807, 2.05) is 6.07 Å². The van der Waals surface area contributed by atoms with Crippen molar-refractivity contribution in [1.82, 2.24) is 4.98 Å². The van der Waals surface area contributed by atoms with Gasteiger partial charge in [-0.25, -0.2) is 4.39 Å². The van der Waals surface area contributed by atoms with Crippen LogP contribution in [0.4, 0.5) is 10.1 Å². The third kappa shape index (κ3) is 2.98. The minimum Gasteiger partial charge on any atom is -0.504 e. The highest BCUT2D eigenvalue weighted by Gasteiger charge is 2.69. The predicted octanol–water partition coefficient (Wildman–Crippen LogP) is 5.34. The topological polar surface area (TPSA) is 82.6 Å². The van der Waals surface area contributed by atoms with Crippen LogP contribution in [0.25, 0.3) is 0 Å². The molecule has 2 aliphatic heterocycles. The van der Waals surface area contributed by atoms with Crippen molar-refractivity contribution in [1.29, 1.82) is 0 Å². The maximum atomic E-state index is 13.7. The van der Waals surface area contributed by atoms with Crippen LogP contribution in [-0.4, -0.2) is 34.3 Å². The molecule has 3 fully saturated rings. The van der Waals surface area contributed by atoms with Crippen LogP contribution in [0.3, 0.4) is 0 Å². The summed E-state index contributed by atoms with van der Waals surface area (Å²) in [6, 6.07) is 11.0. The Morgan fingerprint density at radius 3 is 2.53 bits per heavy atom. The molecule has 7 atom stereocenters. The number of benzene rings is 2. The molecule has 7 unspecified atom stereocenters. The summed E-state index contributed by atoms with van der Waals surface area (Å²) < 4.78 is 19.5. The highest BCUT2D eigenvalue weighted by Crippen LogP contribution is 2.69. The van der Waals surface area contributed by atoms with E-state index in [1.54, 1.807) is 23.9 Å². The van der Waals surface area contributed by atoms with Gasteiger partial charge in [-0.15, -0.1) is 23.1 Å². The smallest absolute Gasteiger partial charge is 0.238 e. The monoisotopic (exact) mass is 540 g/mol. The van der Waals surface area contributed by atoms with Crippen LogP contribution in [0.1, 0.15) is 22.8 Å². The maximum absolute atomic E-state index is 13.7. The molecule has 36 heavy (non-hydrogen) atoms. The van der Waals surface area contributed by atoms with Crippen molar-refractivity contribution in [3.05, 3.63) is 62.7 Å². The first-order valence-corrected chi connectivity index (χ1v) is 13.9. The zero-order valence-corrected chi connectivity index (χ0v) is 21.5. The van der Waals surface area contributed by atoms with Crippen molar-refractivity contribution in [2.24, 2.45) is 29.6 Å². The van der Waals surface area contributed by atoms with Crippen LogP contribution in [0, 0.1) is 39.4 Å². The van der Waals surface area contributed by atoms with Crippen LogP contribution in [0.15, 0.2) is 47.5 Å². The molecule has 2 saturated carbocycles. The number of hydrogen-bond acceptors (Lipinski definition) is 7. The Morgan fingerprint density at radius 1 is 1.11 bits per heavy atom. The number of aromatic hydroxyl groups is 1. The van der Waals surface area contributed by atoms with Gasteiger partial charge in [0.05, 0.1) is 29.7 Å². The van der Waals surface area contributed by atoms with Gasteiger partial charge in [-0.1, -0.05) is 6.07 Å². The summed E-state index contributed by atoms with van der Waals surface area (Å²) in [5.74, 6) is -0.905. The summed E-state index contributed by atoms with van der Waals surface area (Å²) in [6.45, 7) is 0. The van der Waals surface area contributed by atoms with Crippen LogP contribution in [0.5, 0.6) is 11.5 Å². The molecule has 2 amide bonds. The number of aromatic nitrogens is 1. The van der Waals surface area contributed by atoms with Crippen molar-refractivity contribution >= 4 is 52.8 Å². The van der Waals surface area contributed by atoms with E-state index in [9.17, 15) is 19.1 Å². The number of hydrogen-bond donors (Lipinski definition) is 2. The van der Waals surface area contributed by atoms with Crippen LogP contribution in [-0.2, 0) is 9.59 Å². The van der Waals surface area contributed by atoms with E-state index in [4.69, 9.17) is 17.0 Å². The number of thiazole rings is 1. The molecule has 6 nitrogen and oxygen atoms in total. The van der Waals surface area contributed by atoms with Crippen LogP contribution in [0.2, 0.25) is 0 Å². The minimum absolute atomic E-state index is 0.0254. The fourth-order valence-electron chi connectivity index (χ4n) is 7.14. The second kappa shape index (κ2) is 7.90. The number of carbonyl (C=O) groups is 2. The highest BCUT2D eigenvalue weighted by atomic mass is 32.2. The van der Waals surface area contributed by atoms with Gasteiger partial charge in [0.25, 0.3) is 0 Å². The van der Waals surface area contributed by atoms with Gasteiger partial charge in [0.2, 0.25) is 11.8 Å². The molecule has 4 aliphatic rings. The highest BCUT2D eigenvalue weighted by molar-refractivity contribution is 8.00. The van der Waals surface area contributed by atoms with Gasteiger partial charge in [0.15, 0.2) is 15.5 Å². The number of rotatable bonds is 3. The Kier molecular flexibility index (Phi) is 4.94. The number of anilines is 1. The number of phenols is 1. The number of carbonyl (C=O) groups excluding carboxylic acids is 2. The number of nitrogens with zero attached hydrogens (tertiary/aromatic N) is 1. The number of aromatic amines is 1. The predicted molar refractivity (Wildman–Crippen MR) is 137 cm³/mol. The fourth-order valence-corrected chi connectivity index (χ4v) is 10.5. The molecule has 0 spiro atoms. The molecule has 7 rings (SSSR count). The lowest BCUT2D eigenvalue weighted by atomic mass is 9.68. The number of nitrogens with one attached hydrogen (secondary N) is 1. The Morgan fingerprint density at radius 2 is 1.83 bits per heavy atom. The summed E-state index contributed by atoms with van der Waals surface area (Å²) in [7, 11) is 1.52. The number of methoxy groups -OCH3 is 1. The molecular formula is C26H21FN2O4S3. The van der Waals surface area contributed by atoms with E-state index in [-0.39, 0.29) is 52.4 Å². The fraction of sp³-hybridized carbons (Fsp3) is 0.346. The second-order valence-corrected chi connectivity index (χ2v) is 12.8. The van der Waals surface area contributed by atoms with Gasteiger partial charge in [-0.2, -0.15) is 0 Å². The number of halogens is 1. The van der Waals surface area contributed by atoms with Gasteiger partial charge < -0.3 is 14.8 Å². The van der Waals surface area contributed by atoms with Gasteiger partial charge >= 0.3 is 0 Å². The number of imide groups is 1. The quantitative estimate of drug-likeness (QED) is 0.345. The van der Waals surface area contributed by atoms with Gasteiger partial charge in [-0.3, -0.25) is 14.5 Å². The van der Waals surface area contributed by atoms with E-state index in [1.165, 1.54) is 47.6 Å². The summed E-state index contributed by atoms with van der Waals surface area (Å²) in [5, 5.41) is 11.7. The average molecular weight is 541 g/mol. The van der Waals surface area contributed by atoms with Crippen LogP contribution >= 0.6 is 35.3 Å². The van der Waals surface area contributed by atoms with Gasteiger partial charge in [0.1, 0.15) is 5.82 Å². The lowest BCUT2D eigenvalue weighted by molar-refractivity contribution is -0.123. The Bertz CT molecular complexity index is 1490. The summed E-state index contributed by atoms with van der Waals surface area (Å²) in [4.78, 5) is 33.0. The van der Waals surface area contributed by atoms with Crippen molar-refractivity contribution in [2.45, 2.75) is 22.6 Å². The number of phenolic OH excluding ortho intramolecular Hbond substituents is 1. The molecule has 2 bridgehead atoms. The molecule has 10 heteroatoms. The largest absolute Gasteiger partial charge is 0.504 e. The standard InChI is InChI=1S/C26H21FN2O4S3/c1-33-16-7-2-10(8-15(16)30)17-18-13-9-14(21(18)35-23-22(17)36-26(34)28-23)20-19(13)24(31)29(25(20)32)12-5-3-11(27)4-6-12/h2-8,13-14,17-21,30H,9H2,1H3,(H,28,34). The molecule has 2 aromatic carbocycles. The lowest BCUT2D eigenvalue weighted by Gasteiger charge is -2.43. The molecule has 0 radical (unpaired) electrons. The minimum atomic E-state index is -0.408. The third-order valence-corrected chi connectivity index (χ3v) is 11.3. The SMILES string of the molecule is COc1ccc(C2c3sc(=S)[nH]c3SC3C4CC(C5C(=O)N(c6ccc(F)cc6)C(=O)C45)C23)cc1O. The Hall–Kier alpha value is -2.69. The zero-order chi connectivity index (χ0) is 24.9. The summed E-state index contributed by atoms with van der Waals surface area (Å²) in [5.41, 5.74) is 1.38. The van der Waals surface area contributed by atoms with Crippen molar-refractivity contribution < 1.29 is 23.8 Å². The molecular weight excluding hydrogens is 519 g/mol. The average Bonchev–Trinajstić information content (AvgIpc) is 3.58. The second-order valence-electron chi connectivity index (χ2n) is 9.88. The molecule has 2 aliphatic carbocycles.